The van der Waals surface area contributed by atoms with Gasteiger partial charge in [-0.15, -0.1) is 12.4 Å². The van der Waals surface area contributed by atoms with Crippen molar-refractivity contribution in [2.75, 3.05) is 20.6 Å². The maximum Gasteiger partial charge on any atom is 0.365 e. The van der Waals surface area contributed by atoms with Crippen molar-refractivity contribution in [2.45, 2.75) is 25.7 Å². The Morgan fingerprint density at radius 1 is 1.30 bits per heavy atom. The molecule has 1 aromatic carbocycles. The summed E-state index contributed by atoms with van der Waals surface area (Å²) in [7, 11) is 4.07. The van der Waals surface area contributed by atoms with Crippen LogP contribution in [0.5, 0.6) is 0 Å². The molecule has 1 aliphatic carbocycles. The molecule has 1 fully saturated rings. The van der Waals surface area contributed by atoms with Crippen LogP contribution in [-0.4, -0.2) is 37.2 Å². The molecule has 7 heteroatoms. The van der Waals surface area contributed by atoms with E-state index < -0.39 is 5.97 Å². The molecule has 0 amide bonds. The highest BCUT2D eigenvalue weighted by Gasteiger charge is 2.22. The molecule has 0 saturated heterocycles. The van der Waals surface area contributed by atoms with E-state index in [1.165, 1.54) is 12.5 Å². The van der Waals surface area contributed by atoms with Crippen molar-refractivity contribution in [2.24, 2.45) is 11.1 Å². The standard InChI is InChI=1S/C16H20Cl2N2O2.ClH/c1-20(2)10-12-5-3-4-6-15(12)19-22-16(21)11-7-8-13(17)14(18)9-11;/h7-9,12H,3-6,10H2,1-2H3;1H/b19-15-;. The van der Waals surface area contributed by atoms with E-state index >= 15 is 0 Å². The Labute approximate surface area is 153 Å². The van der Waals surface area contributed by atoms with Gasteiger partial charge in [0.2, 0.25) is 0 Å². The van der Waals surface area contributed by atoms with Crippen molar-refractivity contribution in [3.63, 3.8) is 0 Å². The van der Waals surface area contributed by atoms with Gasteiger partial charge in [0, 0.05) is 12.5 Å². The van der Waals surface area contributed by atoms with Gasteiger partial charge < -0.3 is 9.74 Å². The van der Waals surface area contributed by atoms with E-state index in [0.29, 0.717) is 21.5 Å². The summed E-state index contributed by atoms with van der Waals surface area (Å²) >= 11 is 11.7. The predicted octanol–water partition coefficient (Wildman–Crippen LogP) is 4.68. The molecule has 2 rings (SSSR count). The van der Waals surface area contributed by atoms with E-state index in [1.54, 1.807) is 12.1 Å². The zero-order chi connectivity index (χ0) is 16.1. The maximum atomic E-state index is 12.0. The van der Waals surface area contributed by atoms with Gasteiger partial charge >= 0.3 is 5.97 Å². The van der Waals surface area contributed by atoms with Gasteiger partial charge in [-0.05, 0) is 51.6 Å². The van der Waals surface area contributed by atoms with Crippen LogP contribution in [0.2, 0.25) is 10.0 Å². The fourth-order valence-electron chi connectivity index (χ4n) is 2.60. The number of carbonyl (C=O) groups is 1. The molecule has 128 valence electrons. The van der Waals surface area contributed by atoms with Crippen LogP contribution in [0.1, 0.15) is 36.0 Å². The number of hydrogen-bond donors (Lipinski definition) is 0. The van der Waals surface area contributed by atoms with Gasteiger partial charge in [0.25, 0.3) is 0 Å². The number of oxime groups is 1. The van der Waals surface area contributed by atoms with E-state index in [-0.39, 0.29) is 12.4 Å². The minimum Gasteiger partial charge on any atom is -0.313 e. The van der Waals surface area contributed by atoms with E-state index in [4.69, 9.17) is 28.0 Å². The number of halogens is 3. The fourth-order valence-corrected chi connectivity index (χ4v) is 2.90. The van der Waals surface area contributed by atoms with Crippen LogP contribution in [-0.2, 0) is 4.84 Å². The number of benzene rings is 1. The van der Waals surface area contributed by atoms with Crippen molar-refractivity contribution in [3.05, 3.63) is 33.8 Å². The average molecular weight is 380 g/mol. The monoisotopic (exact) mass is 378 g/mol. The van der Waals surface area contributed by atoms with Crippen molar-refractivity contribution < 1.29 is 9.63 Å². The summed E-state index contributed by atoms with van der Waals surface area (Å²) < 4.78 is 0. The van der Waals surface area contributed by atoms with Crippen molar-refractivity contribution in [3.8, 4) is 0 Å². The van der Waals surface area contributed by atoms with Gasteiger partial charge in [-0.3, -0.25) is 0 Å². The smallest absolute Gasteiger partial charge is 0.313 e. The molecule has 0 N–H and O–H groups in total. The molecule has 4 nitrogen and oxygen atoms in total. The number of rotatable bonds is 4. The second kappa shape index (κ2) is 9.48. The first-order chi connectivity index (χ1) is 10.5. The largest absolute Gasteiger partial charge is 0.365 e. The van der Waals surface area contributed by atoms with Crippen LogP contribution >= 0.6 is 35.6 Å². The topological polar surface area (TPSA) is 41.9 Å². The molecule has 0 aliphatic heterocycles. The summed E-state index contributed by atoms with van der Waals surface area (Å²) in [6.45, 7) is 0.920. The lowest BCUT2D eigenvalue weighted by molar-refractivity contribution is 0.0511. The molecule has 1 saturated carbocycles. The zero-order valence-electron chi connectivity index (χ0n) is 13.2. The van der Waals surface area contributed by atoms with Crippen LogP contribution in [0.4, 0.5) is 0 Å². The summed E-state index contributed by atoms with van der Waals surface area (Å²) in [4.78, 5) is 19.3. The molecule has 1 unspecified atom stereocenters. The first kappa shape index (κ1) is 20.2. The Kier molecular flexibility index (Phi) is 8.34. The first-order valence-electron chi connectivity index (χ1n) is 7.35. The Bertz CT molecular complexity index is 576. The van der Waals surface area contributed by atoms with Gasteiger partial charge in [-0.2, -0.15) is 0 Å². The van der Waals surface area contributed by atoms with Gasteiger partial charge in [0.1, 0.15) is 0 Å². The van der Waals surface area contributed by atoms with Gasteiger partial charge in [-0.1, -0.05) is 34.8 Å². The van der Waals surface area contributed by atoms with Crippen molar-refractivity contribution in [1.29, 1.82) is 0 Å². The molecule has 0 bridgehead atoms. The van der Waals surface area contributed by atoms with E-state index in [1.807, 2.05) is 14.1 Å². The number of hydrogen-bond acceptors (Lipinski definition) is 4. The third kappa shape index (κ3) is 5.96. The summed E-state index contributed by atoms with van der Waals surface area (Å²) in [5.74, 6) is -0.161. The van der Waals surface area contributed by atoms with E-state index in [0.717, 1.165) is 31.5 Å². The highest BCUT2D eigenvalue weighted by molar-refractivity contribution is 6.42. The number of nitrogens with zero attached hydrogens (tertiary/aromatic N) is 2. The van der Waals surface area contributed by atoms with Gasteiger partial charge in [0.05, 0.1) is 21.3 Å². The summed E-state index contributed by atoms with van der Waals surface area (Å²) in [6, 6.07) is 4.64. The molecular weight excluding hydrogens is 359 g/mol. The van der Waals surface area contributed by atoms with Crippen LogP contribution < -0.4 is 0 Å². The minimum atomic E-state index is -0.514. The molecule has 23 heavy (non-hydrogen) atoms. The van der Waals surface area contributed by atoms with E-state index in [2.05, 4.69) is 10.1 Å². The second-order valence-electron chi connectivity index (χ2n) is 5.80. The predicted molar refractivity (Wildman–Crippen MR) is 97.1 cm³/mol. The minimum absolute atomic E-state index is 0. The Morgan fingerprint density at radius 3 is 2.70 bits per heavy atom. The highest BCUT2D eigenvalue weighted by Crippen LogP contribution is 2.24. The lowest BCUT2D eigenvalue weighted by Gasteiger charge is -2.25. The SMILES string of the molecule is CN(C)CC1CCCC/C1=N/OC(=O)c1ccc(Cl)c(Cl)c1.Cl. The highest BCUT2D eigenvalue weighted by atomic mass is 35.5. The quantitative estimate of drug-likeness (QED) is 0.563. The summed E-state index contributed by atoms with van der Waals surface area (Å²) in [5.41, 5.74) is 1.31. The Morgan fingerprint density at radius 2 is 2.04 bits per heavy atom. The molecule has 0 aromatic heterocycles. The first-order valence-corrected chi connectivity index (χ1v) is 8.11. The van der Waals surface area contributed by atoms with Crippen LogP contribution in [0.3, 0.4) is 0 Å². The molecule has 0 heterocycles. The third-order valence-electron chi connectivity index (χ3n) is 3.69. The van der Waals surface area contributed by atoms with Gasteiger partial charge in [-0.25, -0.2) is 4.79 Å². The Hall–Kier alpha value is -0.810. The van der Waals surface area contributed by atoms with Crippen molar-refractivity contribution >= 4 is 47.3 Å². The average Bonchev–Trinajstić information content (AvgIpc) is 2.48. The molecule has 0 spiro atoms. The third-order valence-corrected chi connectivity index (χ3v) is 4.43. The van der Waals surface area contributed by atoms with E-state index in [9.17, 15) is 4.79 Å². The lowest BCUT2D eigenvalue weighted by Crippen LogP contribution is -2.30. The van der Waals surface area contributed by atoms with Crippen LogP contribution in [0.25, 0.3) is 0 Å². The second-order valence-corrected chi connectivity index (χ2v) is 6.61. The van der Waals surface area contributed by atoms with Crippen molar-refractivity contribution in [1.82, 2.24) is 4.90 Å². The summed E-state index contributed by atoms with van der Waals surface area (Å²) in [5, 5.41) is 4.84. The maximum absolute atomic E-state index is 12.0. The molecular formula is C16H21Cl3N2O2. The molecule has 0 radical (unpaired) electrons. The zero-order valence-corrected chi connectivity index (χ0v) is 15.5. The molecule has 1 aliphatic rings. The van der Waals surface area contributed by atoms with Crippen LogP contribution in [0, 0.1) is 5.92 Å². The van der Waals surface area contributed by atoms with Gasteiger partial charge in [0.15, 0.2) is 0 Å². The molecule has 1 atom stereocenters. The summed E-state index contributed by atoms with van der Waals surface area (Å²) in [6.07, 6.45) is 4.25. The van der Waals surface area contributed by atoms with Crippen LogP contribution in [0.15, 0.2) is 23.4 Å². The molecule has 1 aromatic rings. The fraction of sp³-hybridized carbons (Fsp3) is 0.500. The normalized spacial score (nSPS) is 19.5. The Balaban J connectivity index is 0.00000264. The lowest BCUT2D eigenvalue weighted by atomic mass is 9.87. The number of carbonyl (C=O) groups excluding carboxylic acids is 1.